The summed E-state index contributed by atoms with van der Waals surface area (Å²) in [4.78, 5) is 24.4. The van der Waals surface area contributed by atoms with Gasteiger partial charge in [0.2, 0.25) is 0 Å². The van der Waals surface area contributed by atoms with Crippen molar-refractivity contribution in [2.45, 2.75) is 89.5 Å². The average Bonchev–Trinajstić information content (AvgIpc) is 2.83. The van der Waals surface area contributed by atoms with E-state index in [4.69, 9.17) is 4.74 Å². The van der Waals surface area contributed by atoms with Crippen LogP contribution < -0.4 is 0 Å². The van der Waals surface area contributed by atoms with Gasteiger partial charge >= 0.3 is 11.4 Å². The summed E-state index contributed by atoms with van der Waals surface area (Å²) in [6.07, 6.45) is 6.69. The van der Waals surface area contributed by atoms with Gasteiger partial charge in [-0.3, -0.25) is 20.2 Å². The fraction of sp³-hybridized carbons (Fsp3) is 0.538. The van der Waals surface area contributed by atoms with E-state index in [-0.39, 0.29) is 12.8 Å². The van der Waals surface area contributed by atoms with Gasteiger partial charge in [0.25, 0.3) is 0 Å². The van der Waals surface area contributed by atoms with E-state index in [0.29, 0.717) is 24.0 Å². The van der Waals surface area contributed by atoms with Crippen molar-refractivity contribution in [1.82, 2.24) is 0 Å². The van der Waals surface area contributed by atoms with Crippen molar-refractivity contribution in [1.29, 1.82) is 0 Å². The molecule has 0 radical (unpaired) electrons. The van der Waals surface area contributed by atoms with Crippen molar-refractivity contribution in [2.75, 3.05) is 0 Å². The molecule has 0 N–H and O–H groups in total. The van der Waals surface area contributed by atoms with E-state index < -0.39 is 21.3 Å². The maximum absolute atomic E-state index is 12.7. The van der Waals surface area contributed by atoms with Gasteiger partial charge in [0.05, 0.1) is 33.8 Å². The van der Waals surface area contributed by atoms with Crippen LogP contribution in [0.4, 0.5) is 0 Å². The van der Waals surface area contributed by atoms with Gasteiger partial charge in [-0.05, 0) is 37.1 Å². The van der Waals surface area contributed by atoms with E-state index in [0.717, 1.165) is 38.5 Å². The summed E-state index contributed by atoms with van der Waals surface area (Å²) in [5.74, 6) is 0. The van der Waals surface area contributed by atoms with Gasteiger partial charge in [-0.15, -0.1) is 0 Å². The number of nitro groups is 2. The second kappa shape index (κ2) is 13.0. The first kappa shape index (κ1) is 26.5. The van der Waals surface area contributed by atoms with Crippen LogP contribution in [0.2, 0.25) is 0 Å². The molecule has 0 bridgehead atoms. The lowest BCUT2D eigenvalue weighted by Crippen LogP contribution is -2.50. The Morgan fingerprint density at radius 2 is 1.00 bits per heavy atom. The first-order valence-corrected chi connectivity index (χ1v) is 12.0. The largest absolute Gasteiger partial charge is 0.356 e. The lowest BCUT2D eigenvalue weighted by Gasteiger charge is -2.34. The summed E-state index contributed by atoms with van der Waals surface area (Å²) in [6.45, 7) is 4.13. The molecule has 2 rings (SSSR count). The summed E-state index contributed by atoms with van der Waals surface area (Å²) in [6, 6.07) is 16.9. The van der Waals surface area contributed by atoms with E-state index in [2.05, 4.69) is 13.8 Å². The number of nitrogens with zero attached hydrogens (tertiary/aromatic N) is 2. The first-order valence-electron chi connectivity index (χ1n) is 12.0. The van der Waals surface area contributed by atoms with Crippen LogP contribution in [0.1, 0.15) is 89.2 Å². The van der Waals surface area contributed by atoms with Crippen molar-refractivity contribution < 1.29 is 14.6 Å². The molecule has 2 atom stereocenters. The Bertz CT molecular complexity index is 790. The Kier molecular flexibility index (Phi) is 10.5. The molecule has 33 heavy (non-hydrogen) atoms. The van der Waals surface area contributed by atoms with Crippen LogP contribution in [0.3, 0.4) is 0 Å². The van der Waals surface area contributed by atoms with Crippen molar-refractivity contribution in [3.05, 3.63) is 92.0 Å². The van der Waals surface area contributed by atoms with Gasteiger partial charge in [0.1, 0.15) is 0 Å². The molecule has 0 aliphatic carbocycles. The molecule has 0 aliphatic rings. The van der Waals surface area contributed by atoms with Crippen LogP contribution in [0.15, 0.2) is 60.7 Å². The Labute approximate surface area is 196 Å². The third-order valence-corrected chi connectivity index (χ3v) is 6.12. The van der Waals surface area contributed by atoms with Gasteiger partial charge in [-0.2, -0.15) is 0 Å². The molecule has 2 unspecified atom stereocenters. The zero-order valence-corrected chi connectivity index (χ0v) is 19.8. The monoisotopic (exact) mass is 456 g/mol. The molecule has 0 amide bonds. The van der Waals surface area contributed by atoms with Gasteiger partial charge in [-0.25, -0.2) is 4.74 Å². The minimum Gasteiger partial charge on any atom is -0.261 e. The second-order valence-corrected chi connectivity index (χ2v) is 8.54. The fourth-order valence-electron chi connectivity index (χ4n) is 4.24. The maximum Gasteiger partial charge on any atom is 0.356 e. The van der Waals surface area contributed by atoms with Gasteiger partial charge < -0.3 is 0 Å². The topological polar surface area (TPSA) is 95.5 Å². The molecule has 0 saturated heterocycles. The SMILES string of the molecule is CCCCCCC(OC(CCCCCC)(c1ccccc1)[N+](=O)[O-])(c1ccccc1)[N+](=O)[O-]. The summed E-state index contributed by atoms with van der Waals surface area (Å²) in [7, 11) is 0. The van der Waals surface area contributed by atoms with Crippen molar-refractivity contribution in [3.63, 3.8) is 0 Å². The molecule has 180 valence electrons. The zero-order valence-electron chi connectivity index (χ0n) is 19.8. The highest BCUT2D eigenvalue weighted by Gasteiger charge is 2.59. The summed E-state index contributed by atoms with van der Waals surface area (Å²) in [5.41, 5.74) is -3.35. The second-order valence-electron chi connectivity index (χ2n) is 8.54. The smallest absolute Gasteiger partial charge is 0.261 e. The molecular formula is C26H36N2O5. The van der Waals surface area contributed by atoms with E-state index >= 15 is 0 Å². The Balaban J connectivity index is 2.59. The summed E-state index contributed by atoms with van der Waals surface area (Å²) in [5, 5.41) is 25.3. The van der Waals surface area contributed by atoms with Crippen LogP contribution in [0.5, 0.6) is 0 Å². The van der Waals surface area contributed by atoms with E-state index in [1.54, 1.807) is 60.7 Å². The lowest BCUT2D eigenvalue weighted by atomic mass is 9.92. The molecule has 2 aromatic rings. The minimum atomic E-state index is -2.01. The Morgan fingerprint density at radius 1 is 0.636 bits per heavy atom. The third-order valence-electron chi connectivity index (χ3n) is 6.12. The number of hydrogen-bond acceptors (Lipinski definition) is 5. The van der Waals surface area contributed by atoms with Gasteiger partial charge in [0.15, 0.2) is 0 Å². The third kappa shape index (κ3) is 6.60. The van der Waals surface area contributed by atoms with E-state index in [1.165, 1.54) is 0 Å². The van der Waals surface area contributed by atoms with Crippen LogP contribution >= 0.6 is 0 Å². The normalized spacial score (nSPS) is 14.8. The molecule has 0 heterocycles. The minimum absolute atomic E-state index is 0.0708. The maximum atomic E-state index is 12.7. The molecule has 0 fully saturated rings. The number of hydrogen-bond donors (Lipinski definition) is 0. The average molecular weight is 457 g/mol. The highest BCUT2D eigenvalue weighted by molar-refractivity contribution is 5.23. The van der Waals surface area contributed by atoms with Crippen molar-refractivity contribution in [3.8, 4) is 0 Å². The first-order chi connectivity index (χ1) is 15.9. The molecule has 0 aliphatic heterocycles. The highest BCUT2D eigenvalue weighted by atomic mass is 16.7. The standard InChI is InChI=1S/C26H36N2O5/c1-3-5-7-15-21-25(27(29)30,23-17-11-9-12-18-23)33-26(28(31)32,22-16-8-6-4-2)24-19-13-10-14-20-24/h9-14,17-20H,3-8,15-16,21-22H2,1-2H3. The quantitative estimate of drug-likeness (QED) is 0.115. The van der Waals surface area contributed by atoms with E-state index in [9.17, 15) is 20.2 Å². The van der Waals surface area contributed by atoms with Gasteiger partial charge in [-0.1, -0.05) is 88.8 Å². The molecular weight excluding hydrogens is 420 g/mol. The van der Waals surface area contributed by atoms with Crippen LogP contribution in [-0.4, -0.2) is 9.85 Å². The zero-order chi connectivity index (χ0) is 24.2. The Morgan fingerprint density at radius 3 is 1.30 bits per heavy atom. The number of rotatable bonds is 16. The molecule has 2 aromatic carbocycles. The summed E-state index contributed by atoms with van der Waals surface area (Å²) < 4.78 is 6.28. The highest BCUT2D eigenvalue weighted by Crippen LogP contribution is 2.43. The number of ether oxygens (including phenoxy) is 1. The molecule has 7 heteroatoms. The van der Waals surface area contributed by atoms with Crippen molar-refractivity contribution >= 4 is 0 Å². The molecule has 0 spiro atoms. The summed E-state index contributed by atoms with van der Waals surface area (Å²) >= 11 is 0. The van der Waals surface area contributed by atoms with Crippen LogP contribution in [0.25, 0.3) is 0 Å². The molecule has 0 aromatic heterocycles. The number of benzene rings is 2. The molecule has 0 saturated carbocycles. The Hall–Kier alpha value is -2.80. The fourth-order valence-corrected chi connectivity index (χ4v) is 4.24. The number of unbranched alkanes of at least 4 members (excludes halogenated alkanes) is 6. The van der Waals surface area contributed by atoms with Crippen LogP contribution in [-0.2, 0) is 16.2 Å². The van der Waals surface area contributed by atoms with Crippen LogP contribution in [0, 0.1) is 20.2 Å². The lowest BCUT2D eigenvalue weighted by molar-refractivity contribution is -0.729. The predicted molar refractivity (Wildman–Crippen MR) is 129 cm³/mol. The van der Waals surface area contributed by atoms with Gasteiger partial charge in [0, 0.05) is 0 Å². The molecule has 7 nitrogen and oxygen atoms in total. The van der Waals surface area contributed by atoms with Crippen molar-refractivity contribution in [2.24, 2.45) is 0 Å². The predicted octanol–water partition coefficient (Wildman–Crippen LogP) is 7.20. The van der Waals surface area contributed by atoms with E-state index in [1.807, 2.05) is 0 Å².